The summed E-state index contributed by atoms with van der Waals surface area (Å²) >= 11 is 0. The summed E-state index contributed by atoms with van der Waals surface area (Å²) in [4.78, 5) is 0. The van der Waals surface area contributed by atoms with Gasteiger partial charge in [0.1, 0.15) is 11.5 Å². The van der Waals surface area contributed by atoms with Crippen LogP contribution >= 0.6 is 0 Å². The van der Waals surface area contributed by atoms with Gasteiger partial charge in [-0.1, -0.05) is 12.1 Å². The molecule has 3 rings (SSSR count). The van der Waals surface area contributed by atoms with Crippen molar-refractivity contribution in [3.05, 3.63) is 41.1 Å². The number of ether oxygens (including phenoxy) is 1. The van der Waals surface area contributed by atoms with Crippen molar-refractivity contribution in [2.75, 3.05) is 0 Å². The molecule has 0 bridgehead atoms. The van der Waals surface area contributed by atoms with Gasteiger partial charge in [-0.2, -0.15) is 0 Å². The second-order valence-electron chi connectivity index (χ2n) is 7.67. The molecule has 1 saturated heterocycles. The first-order chi connectivity index (χ1) is 11.9. The van der Waals surface area contributed by atoms with E-state index >= 15 is 0 Å². The molecular weight excluding hydrogens is 351 g/mol. The lowest BCUT2D eigenvalue weighted by Gasteiger charge is -2.32. The van der Waals surface area contributed by atoms with Gasteiger partial charge in [0.05, 0.1) is 11.2 Å². The fraction of sp³-hybridized carbons (Fsp3) is 0.556. The Balaban J connectivity index is 1.76. The molecule has 0 spiro atoms. The molecule has 0 aromatic heterocycles. The van der Waals surface area contributed by atoms with Gasteiger partial charge in [0, 0.05) is 5.92 Å². The van der Waals surface area contributed by atoms with Gasteiger partial charge in [-0.05, 0) is 63.8 Å². The predicted molar refractivity (Wildman–Crippen MR) is 89.3 cm³/mol. The summed E-state index contributed by atoms with van der Waals surface area (Å²) in [6, 6.07) is 5.54. The Morgan fingerprint density at radius 3 is 2.04 bits per heavy atom. The largest absolute Gasteiger partial charge is 0.573 e. The summed E-state index contributed by atoms with van der Waals surface area (Å²) in [6.45, 7) is 7.40. The second kappa shape index (κ2) is 6.27. The third kappa shape index (κ3) is 3.62. The summed E-state index contributed by atoms with van der Waals surface area (Å²) in [5.74, 6) is -0.480. The van der Waals surface area contributed by atoms with Crippen LogP contribution in [-0.2, 0) is 9.31 Å². The molecule has 0 N–H and O–H groups in total. The smallest absolute Gasteiger partial charge is 0.406 e. The second-order valence-corrected chi connectivity index (χ2v) is 7.67. The molecule has 0 amide bonds. The van der Waals surface area contributed by atoms with E-state index in [1.54, 1.807) is 0 Å². The first-order valence-corrected chi connectivity index (χ1v) is 8.49. The molecule has 2 fully saturated rings. The summed E-state index contributed by atoms with van der Waals surface area (Å²) in [6.07, 6.45) is -3.44. The predicted octanol–water partition coefficient (Wildman–Crippen LogP) is 5.32. The van der Waals surface area contributed by atoms with Gasteiger partial charge >= 0.3 is 13.5 Å². The highest BCUT2D eigenvalue weighted by atomic mass is 19.4. The Morgan fingerprint density at radius 2 is 1.62 bits per heavy atom. The summed E-state index contributed by atoms with van der Waals surface area (Å²) in [5, 5.41) is 0. The van der Waals surface area contributed by atoms with Crippen molar-refractivity contribution in [1.29, 1.82) is 0 Å². The van der Waals surface area contributed by atoms with Crippen LogP contribution in [0.1, 0.15) is 52.0 Å². The lowest BCUT2D eigenvalue weighted by Crippen LogP contribution is -2.41. The van der Waals surface area contributed by atoms with Gasteiger partial charge < -0.3 is 14.0 Å². The number of halogens is 4. The Hall–Kier alpha value is -1.54. The normalized spacial score (nSPS) is 26.5. The van der Waals surface area contributed by atoms with E-state index in [0.29, 0.717) is 12.0 Å². The van der Waals surface area contributed by atoms with Crippen LogP contribution in [0.15, 0.2) is 35.6 Å². The SMILES string of the molecule is CC1(C)OB(C(F)=C2CCC2c2ccc(OC(F)(F)F)cc2)OC1(C)C. The maximum absolute atomic E-state index is 14.9. The molecule has 2 aliphatic rings. The molecule has 1 saturated carbocycles. The molecule has 1 aliphatic heterocycles. The number of alkyl halides is 3. The van der Waals surface area contributed by atoms with Gasteiger partial charge in [0.15, 0.2) is 0 Å². The first kappa shape index (κ1) is 19.2. The Bertz CT molecular complexity index is 694. The molecule has 1 atom stereocenters. The van der Waals surface area contributed by atoms with Crippen LogP contribution in [0.25, 0.3) is 0 Å². The lowest BCUT2D eigenvalue weighted by atomic mass is 9.69. The number of hydrogen-bond acceptors (Lipinski definition) is 3. The third-order valence-electron chi connectivity index (χ3n) is 5.41. The minimum atomic E-state index is -4.73. The van der Waals surface area contributed by atoms with E-state index < -0.39 is 30.4 Å². The minimum absolute atomic E-state index is 0.186. The van der Waals surface area contributed by atoms with Crippen molar-refractivity contribution in [2.45, 2.75) is 64.0 Å². The first-order valence-electron chi connectivity index (χ1n) is 8.49. The quantitative estimate of drug-likeness (QED) is 0.531. The summed E-state index contributed by atoms with van der Waals surface area (Å²) in [5.41, 5.74) is -0.382. The zero-order valence-corrected chi connectivity index (χ0v) is 15.1. The molecular formula is C18H21BF4O3. The van der Waals surface area contributed by atoms with E-state index in [2.05, 4.69) is 4.74 Å². The number of hydrogen-bond donors (Lipinski definition) is 0. The van der Waals surface area contributed by atoms with Crippen LogP contribution in [0.5, 0.6) is 5.75 Å². The summed E-state index contributed by atoms with van der Waals surface area (Å²) in [7, 11) is -1.05. The minimum Gasteiger partial charge on any atom is -0.406 e. The van der Waals surface area contributed by atoms with E-state index in [1.165, 1.54) is 24.3 Å². The molecule has 1 heterocycles. The zero-order valence-electron chi connectivity index (χ0n) is 15.1. The maximum atomic E-state index is 14.9. The van der Waals surface area contributed by atoms with E-state index in [9.17, 15) is 17.6 Å². The highest BCUT2D eigenvalue weighted by Crippen LogP contribution is 2.47. The van der Waals surface area contributed by atoms with Crippen molar-refractivity contribution in [3.8, 4) is 5.75 Å². The Kier molecular flexibility index (Phi) is 4.64. The molecule has 1 unspecified atom stereocenters. The van der Waals surface area contributed by atoms with Crippen LogP contribution in [0.4, 0.5) is 17.6 Å². The highest BCUT2D eigenvalue weighted by Gasteiger charge is 2.54. The number of allylic oxidation sites excluding steroid dienone is 1. The van der Waals surface area contributed by atoms with Gasteiger partial charge in [-0.25, -0.2) is 4.39 Å². The average Bonchev–Trinajstić information content (AvgIpc) is 2.67. The van der Waals surface area contributed by atoms with E-state index in [4.69, 9.17) is 9.31 Å². The average molecular weight is 372 g/mol. The van der Waals surface area contributed by atoms with Gasteiger partial charge in [-0.3, -0.25) is 0 Å². The van der Waals surface area contributed by atoms with Crippen LogP contribution in [0, 0.1) is 0 Å². The molecule has 0 radical (unpaired) electrons. The van der Waals surface area contributed by atoms with E-state index in [0.717, 1.165) is 12.0 Å². The Morgan fingerprint density at radius 1 is 1.08 bits per heavy atom. The highest BCUT2D eigenvalue weighted by molar-refractivity contribution is 6.54. The standard InChI is InChI=1S/C18H21BF4O3/c1-16(2)17(3,4)26-19(25-16)15(20)14-10-9-13(14)11-5-7-12(8-6-11)24-18(21,22)23/h5-8,13H,9-10H2,1-4H3. The maximum Gasteiger partial charge on any atom is 0.573 e. The van der Waals surface area contributed by atoms with Crippen LogP contribution in [0.2, 0.25) is 0 Å². The van der Waals surface area contributed by atoms with E-state index in [-0.39, 0.29) is 11.7 Å². The molecule has 1 aromatic rings. The molecule has 1 aromatic carbocycles. The van der Waals surface area contributed by atoms with E-state index in [1.807, 2.05) is 27.7 Å². The Labute approximate surface area is 150 Å². The molecule has 3 nitrogen and oxygen atoms in total. The summed E-state index contributed by atoms with van der Waals surface area (Å²) < 4.78 is 67.0. The van der Waals surface area contributed by atoms with Crippen LogP contribution in [0.3, 0.4) is 0 Å². The van der Waals surface area contributed by atoms with Gasteiger partial charge in [0.2, 0.25) is 0 Å². The van der Waals surface area contributed by atoms with Crippen molar-refractivity contribution in [2.24, 2.45) is 0 Å². The monoisotopic (exact) mass is 372 g/mol. The fourth-order valence-corrected chi connectivity index (χ4v) is 3.09. The fourth-order valence-electron chi connectivity index (χ4n) is 3.09. The van der Waals surface area contributed by atoms with Crippen molar-refractivity contribution >= 4 is 7.12 Å². The van der Waals surface area contributed by atoms with Crippen molar-refractivity contribution in [1.82, 2.24) is 0 Å². The molecule has 8 heteroatoms. The molecule has 1 aliphatic carbocycles. The number of rotatable bonds is 3. The third-order valence-corrected chi connectivity index (χ3v) is 5.41. The van der Waals surface area contributed by atoms with Crippen LogP contribution in [-0.4, -0.2) is 24.7 Å². The molecule has 26 heavy (non-hydrogen) atoms. The van der Waals surface area contributed by atoms with Gasteiger partial charge in [-0.15, -0.1) is 13.2 Å². The van der Waals surface area contributed by atoms with Crippen molar-refractivity contribution < 1.29 is 31.6 Å². The van der Waals surface area contributed by atoms with Crippen LogP contribution < -0.4 is 4.74 Å². The van der Waals surface area contributed by atoms with Gasteiger partial charge in [0.25, 0.3) is 0 Å². The van der Waals surface area contributed by atoms with Crippen molar-refractivity contribution in [3.63, 3.8) is 0 Å². The lowest BCUT2D eigenvalue weighted by molar-refractivity contribution is -0.274. The topological polar surface area (TPSA) is 27.7 Å². The molecule has 142 valence electrons. The zero-order chi connectivity index (χ0) is 19.3. The number of benzene rings is 1.